The highest BCUT2D eigenvalue weighted by Gasteiger charge is 2.06. The van der Waals surface area contributed by atoms with Crippen LogP contribution in [0.25, 0.3) is 0 Å². The second-order valence-electron chi connectivity index (χ2n) is 3.40. The van der Waals surface area contributed by atoms with E-state index in [0.717, 1.165) is 0 Å². The van der Waals surface area contributed by atoms with E-state index in [2.05, 4.69) is 10.2 Å². The smallest absolute Gasteiger partial charge is 0.337 e. The first kappa shape index (κ1) is 11.0. The number of hydrogen-bond donors (Lipinski definition) is 1. The van der Waals surface area contributed by atoms with Crippen LogP contribution in [0.1, 0.15) is 16.1 Å². The van der Waals surface area contributed by atoms with E-state index in [1.165, 1.54) is 29.1 Å². The monoisotopic (exact) mass is 231 g/mol. The molecule has 0 aliphatic rings. The van der Waals surface area contributed by atoms with Gasteiger partial charge in [0.1, 0.15) is 0 Å². The Balaban J connectivity index is 2.36. The fourth-order valence-corrected chi connectivity index (χ4v) is 1.37. The molecule has 6 heteroatoms. The maximum Gasteiger partial charge on any atom is 0.337 e. The van der Waals surface area contributed by atoms with Crippen molar-refractivity contribution >= 4 is 5.97 Å². The largest absolute Gasteiger partial charge is 0.478 e. The van der Waals surface area contributed by atoms with Crippen molar-refractivity contribution in [2.45, 2.75) is 6.54 Å². The van der Waals surface area contributed by atoms with E-state index in [9.17, 15) is 9.59 Å². The fourth-order valence-electron chi connectivity index (χ4n) is 1.37. The van der Waals surface area contributed by atoms with Gasteiger partial charge in [-0.3, -0.25) is 4.79 Å². The van der Waals surface area contributed by atoms with Crippen molar-refractivity contribution < 1.29 is 9.90 Å². The molecular formula is C11H9N3O3. The molecule has 0 saturated carbocycles. The second kappa shape index (κ2) is 4.56. The van der Waals surface area contributed by atoms with Gasteiger partial charge in [-0.05, 0) is 18.2 Å². The molecule has 0 saturated heterocycles. The van der Waals surface area contributed by atoms with Crippen LogP contribution in [0.3, 0.4) is 0 Å². The third-order valence-corrected chi connectivity index (χ3v) is 2.19. The summed E-state index contributed by atoms with van der Waals surface area (Å²) >= 11 is 0. The first-order valence-electron chi connectivity index (χ1n) is 4.87. The highest BCUT2D eigenvalue weighted by Crippen LogP contribution is 1.99. The highest BCUT2D eigenvalue weighted by molar-refractivity contribution is 5.87. The number of aromatic carboxylic acids is 1. The molecule has 0 bridgehead atoms. The molecule has 0 aliphatic heterocycles. The number of nitrogens with zero attached hydrogens (tertiary/aromatic N) is 3. The Labute approximate surface area is 96.2 Å². The van der Waals surface area contributed by atoms with E-state index in [1.807, 2.05) is 0 Å². The first-order chi connectivity index (χ1) is 8.16. The Hall–Kier alpha value is -2.50. The molecule has 1 N–H and O–H groups in total. The Kier molecular flexibility index (Phi) is 2.95. The topological polar surface area (TPSA) is 85.1 Å². The molecule has 0 radical (unpaired) electrons. The van der Waals surface area contributed by atoms with E-state index in [0.29, 0.717) is 5.69 Å². The zero-order valence-corrected chi connectivity index (χ0v) is 8.78. The van der Waals surface area contributed by atoms with Crippen molar-refractivity contribution in [3.8, 4) is 0 Å². The Morgan fingerprint density at radius 2 is 2.18 bits per heavy atom. The molecule has 0 aromatic carbocycles. The average molecular weight is 231 g/mol. The molecule has 0 fully saturated rings. The van der Waals surface area contributed by atoms with Crippen LogP contribution >= 0.6 is 0 Å². The van der Waals surface area contributed by atoms with Crippen LogP contribution in [0.15, 0.2) is 41.5 Å². The summed E-state index contributed by atoms with van der Waals surface area (Å²) in [6, 6.07) is 5.92. The minimum atomic E-state index is -1.07. The summed E-state index contributed by atoms with van der Waals surface area (Å²) in [7, 11) is 0. The fraction of sp³-hybridized carbons (Fsp3) is 0.0909. The predicted octanol–water partition coefficient (Wildman–Crippen LogP) is 0.385. The summed E-state index contributed by atoms with van der Waals surface area (Å²) in [5, 5.41) is 16.3. The van der Waals surface area contributed by atoms with Crippen LogP contribution in [-0.2, 0) is 6.54 Å². The molecule has 0 amide bonds. The SMILES string of the molecule is O=C(O)c1ccc(=O)n(Cc2cccnn2)c1. The van der Waals surface area contributed by atoms with Gasteiger partial charge in [0, 0.05) is 18.5 Å². The highest BCUT2D eigenvalue weighted by atomic mass is 16.4. The van der Waals surface area contributed by atoms with Crippen LogP contribution in [0.5, 0.6) is 0 Å². The number of carboxylic acid groups (broad SMARTS) is 1. The lowest BCUT2D eigenvalue weighted by Gasteiger charge is -2.05. The van der Waals surface area contributed by atoms with Crippen molar-refractivity contribution in [1.29, 1.82) is 0 Å². The third kappa shape index (κ3) is 2.54. The Morgan fingerprint density at radius 3 is 2.82 bits per heavy atom. The molecule has 0 unspecified atom stereocenters. The normalized spacial score (nSPS) is 10.1. The summed E-state index contributed by atoms with van der Waals surface area (Å²) < 4.78 is 1.29. The molecule has 6 nitrogen and oxygen atoms in total. The van der Waals surface area contributed by atoms with Crippen molar-refractivity contribution in [3.05, 3.63) is 58.3 Å². The van der Waals surface area contributed by atoms with Gasteiger partial charge in [0.25, 0.3) is 5.56 Å². The molecule has 2 heterocycles. The number of pyridine rings is 1. The maximum absolute atomic E-state index is 11.5. The van der Waals surface area contributed by atoms with Gasteiger partial charge in [-0.1, -0.05) is 0 Å². The van der Waals surface area contributed by atoms with Crippen molar-refractivity contribution in [2.24, 2.45) is 0 Å². The van der Waals surface area contributed by atoms with Crippen LogP contribution < -0.4 is 5.56 Å². The number of aromatic nitrogens is 3. The summed E-state index contributed by atoms with van der Waals surface area (Å²) in [5.74, 6) is -1.07. The standard InChI is InChI=1S/C11H9N3O3/c15-10-4-3-8(11(16)17)6-14(10)7-9-2-1-5-12-13-9/h1-6H,7H2,(H,16,17). The maximum atomic E-state index is 11.5. The number of rotatable bonds is 3. The van der Waals surface area contributed by atoms with Gasteiger partial charge in [0.15, 0.2) is 0 Å². The zero-order chi connectivity index (χ0) is 12.3. The van der Waals surface area contributed by atoms with E-state index in [4.69, 9.17) is 5.11 Å². The van der Waals surface area contributed by atoms with Gasteiger partial charge in [-0.25, -0.2) is 4.79 Å². The molecule has 17 heavy (non-hydrogen) atoms. The molecule has 86 valence electrons. The van der Waals surface area contributed by atoms with E-state index in [-0.39, 0.29) is 17.7 Å². The first-order valence-corrected chi connectivity index (χ1v) is 4.87. The lowest BCUT2D eigenvalue weighted by Crippen LogP contribution is -2.21. The quantitative estimate of drug-likeness (QED) is 0.825. The molecule has 2 aromatic heterocycles. The van der Waals surface area contributed by atoms with E-state index < -0.39 is 5.97 Å². The molecule has 0 aliphatic carbocycles. The third-order valence-electron chi connectivity index (χ3n) is 2.19. The minimum absolute atomic E-state index is 0.0634. The van der Waals surface area contributed by atoms with Crippen LogP contribution in [0, 0.1) is 0 Å². The number of carbonyl (C=O) groups is 1. The molecule has 2 rings (SSSR count). The number of hydrogen-bond acceptors (Lipinski definition) is 4. The second-order valence-corrected chi connectivity index (χ2v) is 3.40. The molecule has 0 spiro atoms. The lowest BCUT2D eigenvalue weighted by atomic mass is 10.3. The van der Waals surface area contributed by atoms with Gasteiger partial charge in [0.2, 0.25) is 0 Å². The zero-order valence-electron chi connectivity index (χ0n) is 8.78. The molecule has 0 atom stereocenters. The molecule has 2 aromatic rings. The van der Waals surface area contributed by atoms with Gasteiger partial charge < -0.3 is 9.67 Å². The Morgan fingerprint density at radius 1 is 1.35 bits per heavy atom. The van der Waals surface area contributed by atoms with Gasteiger partial charge in [-0.2, -0.15) is 10.2 Å². The van der Waals surface area contributed by atoms with Crippen LogP contribution in [0.2, 0.25) is 0 Å². The van der Waals surface area contributed by atoms with E-state index >= 15 is 0 Å². The van der Waals surface area contributed by atoms with Crippen molar-refractivity contribution in [1.82, 2.24) is 14.8 Å². The van der Waals surface area contributed by atoms with Crippen LogP contribution in [0.4, 0.5) is 0 Å². The number of carboxylic acids is 1. The minimum Gasteiger partial charge on any atom is -0.478 e. The predicted molar refractivity (Wildman–Crippen MR) is 58.8 cm³/mol. The lowest BCUT2D eigenvalue weighted by molar-refractivity contribution is 0.0696. The van der Waals surface area contributed by atoms with Gasteiger partial charge in [0.05, 0.1) is 17.8 Å². The van der Waals surface area contributed by atoms with E-state index in [1.54, 1.807) is 12.1 Å². The summed E-state index contributed by atoms with van der Waals surface area (Å²) in [4.78, 5) is 22.3. The van der Waals surface area contributed by atoms with Crippen molar-refractivity contribution in [2.75, 3.05) is 0 Å². The Bertz CT molecular complexity index is 592. The average Bonchev–Trinajstić information content (AvgIpc) is 2.33. The van der Waals surface area contributed by atoms with Crippen molar-refractivity contribution in [3.63, 3.8) is 0 Å². The summed E-state index contributed by atoms with van der Waals surface area (Å²) in [6.07, 6.45) is 2.82. The summed E-state index contributed by atoms with van der Waals surface area (Å²) in [6.45, 7) is 0.202. The van der Waals surface area contributed by atoms with Gasteiger partial charge in [-0.15, -0.1) is 0 Å². The van der Waals surface area contributed by atoms with Gasteiger partial charge >= 0.3 is 5.97 Å². The van der Waals surface area contributed by atoms with Crippen LogP contribution in [-0.4, -0.2) is 25.8 Å². The molecular weight excluding hydrogens is 222 g/mol. The summed E-state index contributed by atoms with van der Waals surface area (Å²) in [5.41, 5.74) is 0.381.